The van der Waals surface area contributed by atoms with Crippen LogP contribution < -0.4 is 0 Å². The second kappa shape index (κ2) is 7.25. The van der Waals surface area contributed by atoms with Crippen molar-refractivity contribution >= 4 is 27.5 Å². The van der Waals surface area contributed by atoms with Gasteiger partial charge in [0.05, 0.1) is 16.4 Å². The number of carbonyl (C=O) groups excluding carboxylic acids is 1. The Morgan fingerprint density at radius 2 is 1.81 bits per heavy atom. The quantitative estimate of drug-likeness (QED) is 0.745. The fourth-order valence-corrected chi connectivity index (χ4v) is 4.89. The van der Waals surface area contributed by atoms with E-state index in [1.807, 2.05) is 6.92 Å². The summed E-state index contributed by atoms with van der Waals surface area (Å²) in [5, 5.41) is 8.72. The van der Waals surface area contributed by atoms with Crippen LogP contribution in [0.15, 0.2) is 11.1 Å². The first-order valence-corrected chi connectivity index (χ1v) is 10.5. The van der Waals surface area contributed by atoms with E-state index in [9.17, 15) is 13.2 Å². The molecular formula is C16H23ClN6O3S. The number of amides is 1. The monoisotopic (exact) mass is 414 g/mol. The maximum Gasteiger partial charge on any atom is 0.276 e. The van der Waals surface area contributed by atoms with Crippen molar-refractivity contribution in [2.45, 2.75) is 32.2 Å². The molecule has 2 aromatic rings. The molecule has 0 aromatic carbocycles. The molecule has 3 rings (SSSR count). The molecular weight excluding hydrogens is 392 g/mol. The van der Waals surface area contributed by atoms with Gasteiger partial charge in [0.2, 0.25) is 10.0 Å². The van der Waals surface area contributed by atoms with Crippen molar-refractivity contribution in [3.8, 4) is 0 Å². The molecule has 11 heteroatoms. The van der Waals surface area contributed by atoms with Crippen molar-refractivity contribution in [1.82, 2.24) is 28.8 Å². The molecule has 0 N–H and O–H groups in total. The number of halogens is 1. The van der Waals surface area contributed by atoms with Gasteiger partial charge < -0.3 is 4.90 Å². The number of aromatic nitrogens is 4. The van der Waals surface area contributed by atoms with E-state index in [0.29, 0.717) is 23.0 Å². The highest BCUT2D eigenvalue weighted by molar-refractivity contribution is 7.89. The van der Waals surface area contributed by atoms with Crippen LogP contribution in [0.3, 0.4) is 0 Å². The van der Waals surface area contributed by atoms with Crippen LogP contribution in [-0.4, -0.2) is 69.3 Å². The van der Waals surface area contributed by atoms with Crippen LogP contribution in [0.1, 0.15) is 28.8 Å². The van der Waals surface area contributed by atoms with Gasteiger partial charge in [0.25, 0.3) is 5.91 Å². The van der Waals surface area contributed by atoms with Gasteiger partial charge in [-0.1, -0.05) is 11.6 Å². The van der Waals surface area contributed by atoms with Gasteiger partial charge >= 0.3 is 0 Å². The van der Waals surface area contributed by atoms with E-state index in [4.69, 9.17) is 11.6 Å². The van der Waals surface area contributed by atoms with E-state index in [1.54, 1.807) is 41.4 Å². The van der Waals surface area contributed by atoms with Crippen molar-refractivity contribution in [2.75, 3.05) is 26.2 Å². The lowest BCUT2D eigenvalue weighted by Crippen LogP contribution is -2.50. The van der Waals surface area contributed by atoms with Gasteiger partial charge in [-0.05, 0) is 20.8 Å². The van der Waals surface area contributed by atoms with Crippen LogP contribution in [0.25, 0.3) is 0 Å². The highest BCUT2D eigenvalue weighted by Crippen LogP contribution is 2.23. The molecule has 148 valence electrons. The number of hydrogen-bond acceptors (Lipinski definition) is 5. The number of nitrogens with zero attached hydrogens (tertiary/aromatic N) is 6. The van der Waals surface area contributed by atoms with E-state index in [1.165, 1.54) is 4.31 Å². The average Bonchev–Trinajstić information content (AvgIpc) is 3.16. The highest BCUT2D eigenvalue weighted by Gasteiger charge is 2.33. The Labute approximate surface area is 163 Å². The fraction of sp³-hybridized carbons (Fsp3) is 0.562. The van der Waals surface area contributed by atoms with Gasteiger partial charge in [-0.25, -0.2) is 8.42 Å². The Kier molecular flexibility index (Phi) is 5.33. The topological polar surface area (TPSA) is 93.3 Å². The van der Waals surface area contributed by atoms with Crippen LogP contribution in [0.4, 0.5) is 0 Å². The van der Waals surface area contributed by atoms with Crippen LogP contribution in [0.2, 0.25) is 5.02 Å². The second-order valence-electron chi connectivity index (χ2n) is 6.50. The lowest BCUT2D eigenvalue weighted by Gasteiger charge is -2.33. The minimum atomic E-state index is -3.64. The average molecular weight is 415 g/mol. The third kappa shape index (κ3) is 3.48. The number of rotatable bonds is 4. The highest BCUT2D eigenvalue weighted by atomic mass is 35.5. The van der Waals surface area contributed by atoms with Crippen molar-refractivity contribution in [3.05, 3.63) is 28.3 Å². The number of sulfonamides is 1. The summed E-state index contributed by atoms with van der Waals surface area (Å²) in [5.74, 6) is -0.282. The third-order valence-corrected chi connectivity index (χ3v) is 7.29. The molecule has 0 bridgehead atoms. The van der Waals surface area contributed by atoms with Gasteiger partial charge in [0.15, 0.2) is 5.69 Å². The Morgan fingerprint density at radius 3 is 2.30 bits per heavy atom. The lowest BCUT2D eigenvalue weighted by molar-refractivity contribution is 0.0691. The fourth-order valence-electron chi connectivity index (χ4n) is 3.05. The largest absolute Gasteiger partial charge is 0.335 e. The molecule has 1 aliphatic heterocycles. The smallest absolute Gasteiger partial charge is 0.276 e. The summed E-state index contributed by atoms with van der Waals surface area (Å²) in [6.45, 7) is 6.97. The molecule has 1 amide bonds. The summed E-state index contributed by atoms with van der Waals surface area (Å²) in [6.07, 6.45) is 1.55. The molecule has 0 spiro atoms. The minimum Gasteiger partial charge on any atom is -0.335 e. The van der Waals surface area contributed by atoms with E-state index in [0.717, 1.165) is 0 Å². The molecule has 0 atom stereocenters. The van der Waals surface area contributed by atoms with Crippen LogP contribution in [0.5, 0.6) is 0 Å². The van der Waals surface area contributed by atoms with E-state index in [2.05, 4.69) is 10.2 Å². The van der Waals surface area contributed by atoms with Gasteiger partial charge in [-0.15, -0.1) is 0 Å². The number of carbonyl (C=O) groups is 1. The lowest BCUT2D eigenvalue weighted by atomic mass is 10.3. The number of aryl methyl sites for hydroxylation is 3. The molecule has 9 nitrogen and oxygen atoms in total. The van der Waals surface area contributed by atoms with Gasteiger partial charge in [-0.3, -0.25) is 14.2 Å². The SMILES string of the molecule is CCn1cc(S(=O)(=O)N2CCN(C(=O)c3nn(C)c(C)c3Cl)CC2)c(C)n1. The van der Waals surface area contributed by atoms with Gasteiger partial charge in [0.1, 0.15) is 4.90 Å². The molecule has 0 radical (unpaired) electrons. The zero-order chi connectivity index (χ0) is 19.9. The Bertz CT molecular complexity index is 973. The molecule has 1 aliphatic rings. The summed E-state index contributed by atoms with van der Waals surface area (Å²) in [5.41, 5.74) is 1.39. The first-order chi connectivity index (χ1) is 12.7. The predicted octanol–water partition coefficient (Wildman–Crippen LogP) is 1.05. The molecule has 0 saturated carbocycles. The maximum atomic E-state index is 12.9. The first-order valence-electron chi connectivity index (χ1n) is 8.69. The summed E-state index contributed by atoms with van der Waals surface area (Å²) in [7, 11) is -1.92. The van der Waals surface area contributed by atoms with Gasteiger partial charge in [-0.2, -0.15) is 14.5 Å². The Hall–Kier alpha value is -1.91. The van der Waals surface area contributed by atoms with Crippen molar-refractivity contribution in [2.24, 2.45) is 7.05 Å². The second-order valence-corrected chi connectivity index (χ2v) is 8.79. The molecule has 1 fully saturated rings. The summed E-state index contributed by atoms with van der Waals surface area (Å²) < 4.78 is 30.4. The van der Waals surface area contributed by atoms with Crippen molar-refractivity contribution in [3.63, 3.8) is 0 Å². The zero-order valence-electron chi connectivity index (χ0n) is 15.8. The molecule has 2 aromatic heterocycles. The summed E-state index contributed by atoms with van der Waals surface area (Å²) >= 11 is 6.20. The minimum absolute atomic E-state index is 0.202. The molecule has 1 saturated heterocycles. The van der Waals surface area contributed by atoms with Crippen molar-refractivity contribution < 1.29 is 13.2 Å². The third-order valence-electron chi connectivity index (χ3n) is 4.83. The first kappa shape index (κ1) is 19.8. The number of hydrogen-bond donors (Lipinski definition) is 0. The van der Waals surface area contributed by atoms with Gasteiger partial charge in [0, 0.05) is 46.0 Å². The van der Waals surface area contributed by atoms with E-state index >= 15 is 0 Å². The molecule has 3 heterocycles. The predicted molar refractivity (Wildman–Crippen MR) is 100 cm³/mol. The molecule has 0 unspecified atom stereocenters. The van der Waals surface area contributed by atoms with Crippen LogP contribution in [0, 0.1) is 13.8 Å². The van der Waals surface area contributed by atoms with Crippen LogP contribution >= 0.6 is 11.6 Å². The summed E-state index contributed by atoms with van der Waals surface area (Å²) in [4.78, 5) is 14.5. The zero-order valence-corrected chi connectivity index (χ0v) is 17.4. The summed E-state index contributed by atoms with van der Waals surface area (Å²) in [6, 6.07) is 0. The van der Waals surface area contributed by atoms with Crippen LogP contribution in [-0.2, 0) is 23.6 Å². The Balaban J connectivity index is 1.73. The number of piperazine rings is 1. The molecule has 27 heavy (non-hydrogen) atoms. The normalized spacial score (nSPS) is 16.1. The van der Waals surface area contributed by atoms with Crippen molar-refractivity contribution in [1.29, 1.82) is 0 Å². The van der Waals surface area contributed by atoms with E-state index in [-0.39, 0.29) is 42.7 Å². The molecule has 0 aliphatic carbocycles. The Morgan fingerprint density at radius 1 is 1.19 bits per heavy atom. The maximum absolute atomic E-state index is 12.9. The van der Waals surface area contributed by atoms with E-state index < -0.39 is 10.0 Å². The standard InChI is InChI=1S/C16H23ClN6O3S/c1-5-22-10-13(11(2)18-22)27(25,26)23-8-6-21(7-9-23)16(24)15-14(17)12(3)20(4)19-15/h10H,5-9H2,1-4H3.